The average molecular weight is 297 g/mol. The van der Waals surface area contributed by atoms with Crippen LogP contribution in [-0.2, 0) is 0 Å². The number of nitrogens with zero attached hydrogens (tertiary/aromatic N) is 2. The number of halogens is 3. The summed E-state index contributed by atoms with van der Waals surface area (Å²) in [6, 6.07) is 1.74. The monoisotopic (exact) mass is 297 g/mol. The molecule has 1 aromatic carbocycles. The van der Waals surface area contributed by atoms with Crippen LogP contribution >= 0.6 is 0 Å². The van der Waals surface area contributed by atoms with Gasteiger partial charge in [0.05, 0.1) is 7.11 Å². The predicted octanol–water partition coefficient (Wildman–Crippen LogP) is 3.39. The fourth-order valence-electron chi connectivity index (χ4n) is 1.83. The molecule has 4 nitrogen and oxygen atoms in total. The summed E-state index contributed by atoms with van der Waals surface area (Å²) < 4.78 is 44.9. The smallest absolute Gasteiger partial charge is 0.194 e. The van der Waals surface area contributed by atoms with Gasteiger partial charge in [-0.2, -0.15) is 0 Å². The fourth-order valence-corrected chi connectivity index (χ4v) is 1.83. The van der Waals surface area contributed by atoms with Crippen LogP contribution in [0.5, 0.6) is 5.75 Å². The largest absolute Gasteiger partial charge is 0.491 e. The number of hydrogen-bond acceptors (Lipinski definition) is 4. The van der Waals surface area contributed by atoms with Crippen molar-refractivity contribution in [3.8, 4) is 17.0 Å². The van der Waals surface area contributed by atoms with Gasteiger partial charge in [0, 0.05) is 12.1 Å². The average Bonchev–Trinajstić information content (AvgIpc) is 2.49. The van der Waals surface area contributed by atoms with Gasteiger partial charge in [-0.25, -0.2) is 23.1 Å². The number of anilines is 1. The van der Waals surface area contributed by atoms with Crippen LogP contribution in [0.4, 0.5) is 19.0 Å². The van der Waals surface area contributed by atoms with Crippen LogP contribution in [0.25, 0.3) is 11.3 Å². The molecular weight excluding hydrogens is 283 g/mol. The molecule has 0 aliphatic heterocycles. The Balaban J connectivity index is 2.53. The molecule has 0 spiro atoms. The molecule has 0 fully saturated rings. The summed E-state index contributed by atoms with van der Waals surface area (Å²) in [7, 11) is 1.40. The Morgan fingerprint density at radius 2 is 1.81 bits per heavy atom. The number of nitrogens with one attached hydrogen (secondary N) is 1. The fraction of sp³-hybridized carbons (Fsp3) is 0.286. The van der Waals surface area contributed by atoms with E-state index < -0.39 is 17.5 Å². The third-order valence-corrected chi connectivity index (χ3v) is 2.81. The first kappa shape index (κ1) is 15.1. The number of methoxy groups -OCH3 is 1. The highest BCUT2D eigenvalue weighted by atomic mass is 19.2. The quantitative estimate of drug-likeness (QED) is 0.859. The first-order chi connectivity index (χ1) is 10.1. The second-order valence-electron chi connectivity index (χ2n) is 4.28. The number of hydrogen-bond donors (Lipinski definition) is 1. The van der Waals surface area contributed by atoms with Crippen molar-refractivity contribution < 1.29 is 17.9 Å². The number of aromatic nitrogens is 2. The van der Waals surface area contributed by atoms with Crippen molar-refractivity contribution in [3.63, 3.8) is 0 Å². The van der Waals surface area contributed by atoms with E-state index in [0.717, 1.165) is 18.6 Å². The van der Waals surface area contributed by atoms with E-state index in [2.05, 4.69) is 15.3 Å². The van der Waals surface area contributed by atoms with E-state index >= 15 is 0 Å². The summed E-state index contributed by atoms with van der Waals surface area (Å²) in [6.07, 6.45) is 2.11. The summed E-state index contributed by atoms with van der Waals surface area (Å²) in [5.74, 6) is -3.43. The van der Waals surface area contributed by atoms with Crippen LogP contribution in [0.2, 0.25) is 0 Å². The number of rotatable bonds is 5. The van der Waals surface area contributed by atoms with Crippen molar-refractivity contribution in [3.05, 3.63) is 35.9 Å². The molecule has 7 heteroatoms. The van der Waals surface area contributed by atoms with Crippen molar-refractivity contribution >= 4 is 5.82 Å². The highest BCUT2D eigenvalue weighted by Crippen LogP contribution is 2.34. The third kappa shape index (κ3) is 3.07. The lowest BCUT2D eigenvalue weighted by Gasteiger charge is -2.13. The molecule has 0 aliphatic carbocycles. The number of ether oxygens (including phenoxy) is 1. The van der Waals surface area contributed by atoms with E-state index in [0.29, 0.717) is 12.4 Å². The molecule has 0 atom stereocenters. The molecule has 0 aliphatic rings. The van der Waals surface area contributed by atoms with Gasteiger partial charge in [-0.1, -0.05) is 6.92 Å². The van der Waals surface area contributed by atoms with E-state index in [1.54, 1.807) is 0 Å². The maximum Gasteiger partial charge on any atom is 0.194 e. The summed E-state index contributed by atoms with van der Waals surface area (Å²) in [6.45, 7) is 2.63. The van der Waals surface area contributed by atoms with Gasteiger partial charge in [0.25, 0.3) is 0 Å². The second kappa shape index (κ2) is 6.43. The molecule has 1 aromatic heterocycles. The molecule has 1 N–H and O–H groups in total. The minimum atomic E-state index is -1.52. The molecule has 1 heterocycles. The van der Waals surface area contributed by atoms with E-state index in [1.165, 1.54) is 13.4 Å². The third-order valence-electron chi connectivity index (χ3n) is 2.81. The van der Waals surface area contributed by atoms with Crippen LogP contribution in [0, 0.1) is 17.5 Å². The zero-order chi connectivity index (χ0) is 15.4. The summed E-state index contributed by atoms with van der Waals surface area (Å²) in [5, 5.41) is 3.03. The van der Waals surface area contributed by atoms with Gasteiger partial charge < -0.3 is 10.1 Å². The molecule has 0 saturated heterocycles. The minimum Gasteiger partial charge on any atom is -0.491 e. The summed E-state index contributed by atoms with van der Waals surface area (Å²) in [4.78, 5) is 8.00. The molecule has 0 radical (unpaired) electrons. The lowest BCUT2D eigenvalue weighted by atomic mass is 10.1. The molecule has 0 unspecified atom stereocenters. The van der Waals surface area contributed by atoms with Crippen LogP contribution in [0.15, 0.2) is 18.5 Å². The van der Waals surface area contributed by atoms with Gasteiger partial charge in [-0.3, -0.25) is 0 Å². The van der Waals surface area contributed by atoms with Gasteiger partial charge in [0.15, 0.2) is 29.0 Å². The van der Waals surface area contributed by atoms with E-state index in [9.17, 15) is 13.2 Å². The Kier molecular flexibility index (Phi) is 4.62. The normalized spacial score (nSPS) is 10.5. The van der Waals surface area contributed by atoms with Gasteiger partial charge in [0.2, 0.25) is 0 Å². The molecule has 2 rings (SSSR count). The Morgan fingerprint density at radius 1 is 1.14 bits per heavy atom. The number of benzene rings is 1. The van der Waals surface area contributed by atoms with E-state index in [-0.39, 0.29) is 17.0 Å². The van der Waals surface area contributed by atoms with E-state index in [1.807, 2.05) is 6.92 Å². The molecule has 0 saturated carbocycles. The summed E-state index contributed by atoms with van der Waals surface area (Å²) in [5.41, 5.74) is 0.258. The molecule has 21 heavy (non-hydrogen) atoms. The zero-order valence-corrected chi connectivity index (χ0v) is 11.6. The lowest BCUT2D eigenvalue weighted by molar-refractivity contribution is 0.414. The topological polar surface area (TPSA) is 47.0 Å². The van der Waals surface area contributed by atoms with Crippen molar-refractivity contribution in [1.82, 2.24) is 9.97 Å². The molecule has 0 amide bonds. The Bertz CT molecular complexity index is 626. The SMILES string of the molecule is CCCNc1ncnc(-c2cc(F)c(F)c(F)c2)c1OC. The molecule has 112 valence electrons. The highest BCUT2D eigenvalue weighted by molar-refractivity contribution is 5.72. The van der Waals surface area contributed by atoms with Crippen LogP contribution in [0.3, 0.4) is 0 Å². The van der Waals surface area contributed by atoms with Gasteiger partial charge in [-0.15, -0.1) is 0 Å². The van der Waals surface area contributed by atoms with Gasteiger partial charge in [-0.05, 0) is 18.6 Å². The standard InChI is InChI=1S/C14H14F3N3O/c1-3-4-18-14-13(21-2)12(19-7-20-14)8-5-9(15)11(17)10(16)6-8/h5-7H,3-4H2,1-2H3,(H,18,19,20). The van der Waals surface area contributed by atoms with Crippen LogP contribution in [0.1, 0.15) is 13.3 Å². The Hall–Kier alpha value is -2.31. The van der Waals surface area contributed by atoms with Crippen LogP contribution < -0.4 is 10.1 Å². The summed E-state index contributed by atoms with van der Waals surface area (Å²) >= 11 is 0. The first-order valence-corrected chi connectivity index (χ1v) is 6.36. The zero-order valence-electron chi connectivity index (χ0n) is 11.6. The minimum absolute atomic E-state index is 0.0743. The van der Waals surface area contributed by atoms with Gasteiger partial charge >= 0.3 is 0 Å². The second-order valence-corrected chi connectivity index (χ2v) is 4.28. The molecule has 0 bridgehead atoms. The van der Waals surface area contributed by atoms with Crippen molar-refractivity contribution in [2.45, 2.75) is 13.3 Å². The maximum absolute atomic E-state index is 13.3. The Labute approximate surface area is 120 Å². The van der Waals surface area contributed by atoms with Crippen LogP contribution in [-0.4, -0.2) is 23.6 Å². The predicted molar refractivity (Wildman–Crippen MR) is 72.7 cm³/mol. The van der Waals surface area contributed by atoms with Gasteiger partial charge in [0.1, 0.15) is 12.0 Å². The van der Waals surface area contributed by atoms with Crippen molar-refractivity contribution in [1.29, 1.82) is 0 Å². The lowest BCUT2D eigenvalue weighted by Crippen LogP contribution is -2.06. The first-order valence-electron chi connectivity index (χ1n) is 6.36. The highest BCUT2D eigenvalue weighted by Gasteiger charge is 2.18. The molecular formula is C14H14F3N3O. The maximum atomic E-state index is 13.3. The molecule has 2 aromatic rings. The van der Waals surface area contributed by atoms with E-state index in [4.69, 9.17) is 4.74 Å². The van der Waals surface area contributed by atoms with Crippen molar-refractivity contribution in [2.75, 3.05) is 19.0 Å². The van der Waals surface area contributed by atoms with Crippen molar-refractivity contribution in [2.24, 2.45) is 0 Å². The Morgan fingerprint density at radius 3 is 2.38 bits per heavy atom.